The lowest BCUT2D eigenvalue weighted by Gasteiger charge is -2.39. The van der Waals surface area contributed by atoms with E-state index < -0.39 is 0 Å². The molecule has 0 fully saturated rings. The van der Waals surface area contributed by atoms with Gasteiger partial charge in [0.25, 0.3) is 0 Å². The van der Waals surface area contributed by atoms with E-state index >= 15 is 0 Å². The van der Waals surface area contributed by atoms with Crippen molar-refractivity contribution < 1.29 is 4.79 Å². The molecular formula is C15H24O. The van der Waals surface area contributed by atoms with Crippen LogP contribution in [0.2, 0.25) is 0 Å². The Labute approximate surface area is 99.6 Å². The normalized spacial score (nSPS) is 25.9. The van der Waals surface area contributed by atoms with Crippen molar-refractivity contribution in [2.24, 2.45) is 11.3 Å². The van der Waals surface area contributed by atoms with Gasteiger partial charge in [0.15, 0.2) is 5.78 Å². The number of hydrogen-bond donors (Lipinski definition) is 0. The van der Waals surface area contributed by atoms with E-state index in [2.05, 4.69) is 27.7 Å². The van der Waals surface area contributed by atoms with Gasteiger partial charge in [-0.1, -0.05) is 32.4 Å². The lowest BCUT2D eigenvalue weighted by Crippen LogP contribution is -2.33. The van der Waals surface area contributed by atoms with Gasteiger partial charge in [-0.3, -0.25) is 4.79 Å². The summed E-state index contributed by atoms with van der Waals surface area (Å²) in [6.45, 7) is 12.6. The third kappa shape index (κ3) is 2.14. The molecule has 0 aromatic rings. The molecule has 0 aromatic heterocycles. The van der Waals surface area contributed by atoms with Crippen molar-refractivity contribution >= 4 is 5.78 Å². The standard InChI is InChI=1S/C15H24O/c1-7-10(2)14(16)13-11(3)8-9-12(4)15(13,5)6/h7,12H,8-9H2,1-6H3. The van der Waals surface area contributed by atoms with Crippen molar-refractivity contribution in [3.63, 3.8) is 0 Å². The van der Waals surface area contributed by atoms with Gasteiger partial charge in [0, 0.05) is 5.57 Å². The highest BCUT2D eigenvalue weighted by atomic mass is 16.1. The summed E-state index contributed by atoms with van der Waals surface area (Å²) < 4.78 is 0. The minimum absolute atomic E-state index is 0.0175. The van der Waals surface area contributed by atoms with E-state index in [-0.39, 0.29) is 11.2 Å². The van der Waals surface area contributed by atoms with Crippen LogP contribution in [0.4, 0.5) is 0 Å². The first-order valence-electron chi connectivity index (χ1n) is 6.20. The van der Waals surface area contributed by atoms with Crippen molar-refractivity contribution in [1.82, 2.24) is 0 Å². The van der Waals surface area contributed by atoms with Crippen molar-refractivity contribution in [2.75, 3.05) is 0 Å². The van der Waals surface area contributed by atoms with Crippen LogP contribution in [0.15, 0.2) is 22.8 Å². The maximum atomic E-state index is 12.4. The predicted octanol–water partition coefficient (Wildman–Crippen LogP) is 4.29. The summed E-state index contributed by atoms with van der Waals surface area (Å²) in [5, 5.41) is 0. The molecule has 0 N–H and O–H groups in total. The predicted molar refractivity (Wildman–Crippen MR) is 69.3 cm³/mol. The molecule has 1 aliphatic carbocycles. The number of hydrogen-bond acceptors (Lipinski definition) is 1. The van der Waals surface area contributed by atoms with Crippen LogP contribution < -0.4 is 0 Å². The Bertz CT molecular complexity index is 356. The van der Waals surface area contributed by atoms with Gasteiger partial charge in [0.1, 0.15) is 0 Å². The molecule has 0 heterocycles. The van der Waals surface area contributed by atoms with Crippen LogP contribution in [-0.2, 0) is 4.79 Å². The Morgan fingerprint density at radius 1 is 1.44 bits per heavy atom. The summed E-state index contributed by atoms with van der Waals surface area (Å²) in [6, 6.07) is 0. The Kier molecular flexibility index (Phi) is 3.77. The third-order valence-electron chi connectivity index (χ3n) is 4.27. The van der Waals surface area contributed by atoms with E-state index in [1.165, 1.54) is 12.0 Å². The molecule has 0 bridgehead atoms. The molecule has 0 radical (unpaired) electrons. The lowest BCUT2D eigenvalue weighted by molar-refractivity contribution is -0.113. The molecule has 1 unspecified atom stereocenters. The van der Waals surface area contributed by atoms with Gasteiger partial charge in [-0.15, -0.1) is 0 Å². The second kappa shape index (κ2) is 4.57. The van der Waals surface area contributed by atoms with Gasteiger partial charge in [0.05, 0.1) is 0 Å². The monoisotopic (exact) mass is 220 g/mol. The zero-order valence-corrected chi connectivity index (χ0v) is 11.5. The van der Waals surface area contributed by atoms with Crippen LogP contribution in [0.25, 0.3) is 0 Å². The van der Waals surface area contributed by atoms with Crippen molar-refractivity contribution in [3.05, 3.63) is 22.8 Å². The molecular weight excluding hydrogens is 196 g/mol. The van der Waals surface area contributed by atoms with E-state index in [0.717, 1.165) is 17.6 Å². The fourth-order valence-corrected chi connectivity index (χ4v) is 2.53. The van der Waals surface area contributed by atoms with Crippen molar-refractivity contribution in [2.45, 2.75) is 54.4 Å². The Balaban J connectivity index is 3.22. The molecule has 90 valence electrons. The summed E-state index contributed by atoms with van der Waals surface area (Å²) in [5.74, 6) is 0.830. The fourth-order valence-electron chi connectivity index (χ4n) is 2.53. The molecule has 1 aliphatic rings. The average Bonchev–Trinajstić information content (AvgIpc) is 2.22. The molecule has 1 rings (SSSR count). The number of carbonyl (C=O) groups excluding carboxylic acids is 1. The van der Waals surface area contributed by atoms with Crippen LogP contribution in [0.1, 0.15) is 54.4 Å². The first-order chi connectivity index (χ1) is 7.32. The molecule has 0 saturated carbocycles. The van der Waals surface area contributed by atoms with Crippen LogP contribution in [0.5, 0.6) is 0 Å². The highest BCUT2D eigenvalue weighted by Crippen LogP contribution is 2.45. The van der Waals surface area contributed by atoms with Gasteiger partial charge in [-0.2, -0.15) is 0 Å². The maximum absolute atomic E-state index is 12.4. The van der Waals surface area contributed by atoms with Crippen LogP contribution in [-0.4, -0.2) is 5.78 Å². The van der Waals surface area contributed by atoms with Crippen molar-refractivity contribution in [3.8, 4) is 0 Å². The number of carbonyl (C=O) groups is 1. The minimum atomic E-state index is 0.0175. The Hall–Kier alpha value is -0.850. The first kappa shape index (κ1) is 13.2. The molecule has 1 atom stereocenters. The van der Waals surface area contributed by atoms with Crippen molar-refractivity contribution in [1.29, 1.82) is 0 Å². The average molecular weight is 220 g/mol. The SMILES string of the molecule is CC=C(C)C(=O)C1=C(C)CCC(C)C1(C)C. The van der Waals surface area contributed by atoms with E-state index in [9.17, 15) is 4.79 Å². The smallest absolute Gasteiger partial charge is 0.184 e. The zero-order chi connectivity index (χ0) is 12.5. The number of rotatable bonds is 2. The summed E-state index contributed by atoms with van der Waals surface area (Å²) in [6.07, 6.45) is 4.19. The largest absolute Gasteiger partial charge is 0.289 e. The highest BCUT2D eigenvalue weighted by molar-refractivity contribution is 6.09. The quantitative estimate of drug-likeness (QED) is 0.634. The summed E-state index contributed by atoms with van der Waals surface area (Å²) in [5.41, 5.74) is 3.23. The van der Waals surface area contributed by atoms with E-state index in [0.29, 0.717) is 5.92 Å². The van der Waals surface area contributed by atoms with Crippen LogP contribution >= 0.6 is 0 Å². The second-order valence-electron chi connectivity index (χ2n) is 5.62. The number of Topliss-reactive ketones (excluding diaryl/α,β-unsaturated/α-hetero) is 1. The fraction of sp³-hybridized carbons (Fsp3) is 0.667. The molecule has 0 amide bonds. The first-order valence-corrected chi connectivity index (χ1v) is 6.20. The molecule has 0 aromatic carbocycles. The lowest BCUT2D eigenvalue weighted by atomic mass is 9.64. The Morgan fingerprint density at radius 2 is 2.00 bits per heavy atom. The molecule has 16 heavy (non-hydrogen) atoms. The van der Waals surface area contributed by atoms with Gasteiger partial charge in [0.2, 0.25) is 0 Å². The summed E-state index contributed by atoms with van der Waals surface area (Å²) in [4.78, 5) is 12.4. The van der Waals surface area contributed by atoms with E-state index in [1.54, 1.807) is 0 Å². The summed E-state index contributed by atoms with van der Waals surface area (Å²) in [7, 11) is 0. The Morgan fingerprint density at radius 3 is 2.50 bits per heavy atom. The molecule has 1 heteroatoms. The zero-order valence-electron chi connectivity index (χ0n) is 11.5. The number of ketones is 1. The third-order valence-corrected chi connectivity index (χ3v) is 4.27. The van der Waals surface area contributed by atoms with E-state index in [4.69, 9.17) is 0 Å². The van der Waals surface area contributed by atoms with Gasteiger partial charge in [-0.25, -0.2) is 0 Å². The van der Waals surface area contributed by atoms with Crippen LogP contribution in [0, 0.1) is 11.3 Å². The minimum Gasteiger partial charge on any atom is -0.289 e. The molecule has 0 saturated heterocycles. The molecule has 1 nitrogen and oxygen atoms in total. The highest BCUT2D eigenvalue weighted by Gasteiger charge is 2.38. The molecule has 0 spiro atoms. The second-order valence-corrected chi connectivity index (χ2v) is 5.62. The van der Waals surface area contributed by atoms with Gasteiger partial charge >= 0.3 is 0 Å². The summed E-state index contributed by atoms with van der Waals surface area (Å²) >= 11 is 0. The number of allylic oxidation sites excluding steroid dienone is 4. The topological polar surface area (TPSA) is 17.1 Å². The van der Waals surface area contributed by atoms with Crippen LogP contribution in [0.3, 0.4) is 0 Å². The van der Waals surface area contributed by atoms with Gasteiger partial charge in [-0.05, 0) is 50.5 Å². The van der Waals surface area contributed by atoms with E-state index in [1.807, 2.05) is 19.9 Å². The van der Waals surface area contributed by atoms with Gasteiger partial charge < -0.3 is 0 Å². The molecule has 0 aliphatic heterocycles. The maximum Gasteiger partial charge on any atom is 0.184 e.